The molecule has 118 valence electrons. The molecule has 0 amide bonds. The van der Waals surface area contributed by atoms with Crippen LogP contribution in [-0.4, -0.2) is 59.0 Å². The summed E-state index contributed by atoms with van der Waals surface area (Å²) < 4.78 is 17.4. The summed E-state index contributed by atoms with van der Waals surface area (Å²) in [6.45, 7) is 5.24. The lowest BCUT2D eigenvalue weighted by Crippen LogP contribution is -2.44. The Morgan fingerprint density at radius 1 is 1.10 bits per heavy atom. The molecule has 0 atom stereocenters. The van der Waals surface area contributed by atoms with Crippen molar-refractivity contribution >= 4 is 15.9 Å². The number of piperazine rings is 1. The van der Waals surface area contributed by atoms with Crippen LogP contribution in [-0.2, 0) is 6.42 Å². The summed E-state index contributed by atoms with van der Waals surface area (Å²) in [4.78, 5) is 2.45. The van der Waals surface area contributed by atoms with Crippen LogP contribution >= 0.6 is 15.9 Å². The van der Waals surface area contributed by atoms with Crippen molar-refractivity contribution in [1.82, 2.24) is 10.2 Å². The molecule has 1 heterocycles. The van der Waals surface area contributed by atoms with E-state index >= 15 is 0 Å². The van der Waals surface area contributed by atoms with E-state index < -0.39 is 0 Å². The molecule has 2 rings (SSSR count). The Kier molecular flexibility index (Phi) is 6.14. The Morgan fingerprint density at radius 3 is 2.33 bits per heavy atom. The maximum Gasteiger partial charge on any atom is 0.167 e. The van der Waals surface area contributed by atoms with Gasteiger partial charge in [0.15, 0.2) is 11.5 Å². The number of nitrogens with zero attached hydrogens (tertiary/aromatic N) is 1. The third kappa shape index (κ3) is 3.81. The number of halogens is 1. The molecule has 6 heteroatoms. The third-order valence-electron chi connectivity index (χ3n) is 3.76. The van der Waals surface area contributed by atoms with Crippen LogP contribution in [0.5, 0.6) is 17.2 Å². The minimum Gasteiger partial charge on any atom is -0.495 e. The second kappa shape index (κ2) is 7.87. The van der Waals surface area contributed by atoms with Crippen molar-refractivity contribution in [3.63, 3.8) is 0 Å². The van der Waals surface area contributed by atoms with Crippen LogP contribution in [0.1, 0.15) is 5.56 Å². The van der Waals surface area contributed by atoms with E-state index in [9.17, 15) is 0 Å². The first kappa shape index (κ1) is 16.4. The van der Waals surface area contributed by atoms with Gasteiger partial charge in [-0.2, -0.15) is 0 Å². The molecule has 0 aromatic heterocycles. The van der Waals surface area contributed by atoms with E-state index in [2.05, 4.69) is 26.1 Å². The molecule has 0 bridgehead atoms. The molecular formula is C15H23BrN2O3. The van der Waals surface area contributed by atoms with Gasteiger partial charge < -0.3 is 24.4 Å². The molecule has 1 aromatic rings. The first-order valence-electron chi connectivity index (χ1n) is 7.11. The van der Waals surface area contributed by atoms with Gasteiger partial charge in [-0.05, 0) is 22.4 Å². The van der Waals surface area contributed by atoms with Gasteiger partial charge in [0.25, 0.3) is 0 Å². The molecule has 1 saturated heterocycles. The smallest absolute Gasteiger partial charge is 0.167 e. The maximum absolute atomic E-state index is 5.55. The number of ether oxygens (including phenoxy) is 3. The van der Waals surface area contributed by atoms with Crippen LogP contribution in [0.3, 0.4) is 0 Å². The highest BCUT2D eigenvalue weighted by Gasteiger charge is 2.20. The molecule has 21 heavy (non-hydrogen) atoms. The van der Waals surface area contributed by atoms with E-state index in [4.69, 9.17) is 14.2 Å². The fourth-order valence-electron chi connectivity index (χ4n) is 2.67. The minimum atomic E-state index is 0.723. The van der Waals surface area contributed by atoms with E-state index in [-0.39, 0.29) is 0 Å². The van der Waals surface area contributed by atoms with Crippen molar-refractivity contribution in [2.24, 2.45) is 0 Å². The van der Waals surface area contributed by atoms with Crippen LogP contribution in [0.4, 0.5) is 0 Å². The monoisotopic (exact) mass is 358 g/mol. The molecule has 0 radical (unpaired) electrons. The first-order chi connectivity index (χ1) is 10.2. The van der Waals surface area contributed by atoms with Gasteiger partial charge in [-0.1, -0.05) is 0 Å². The van der Waals surface area contributed by atoms with Gasteiger partial charge >= 0.3 is 0 Å². The average molecular weight is 359 g/mol. The zero-order valence-corrected chi connectivity index (χ0v) is 14.5. The predicted molar refractivity (Wildman–Crippen MR) is 86.8 cm³/mol. The van der Waals surface area contributed by atoms with Crippen molar-refractivity contribution in [3.8, 4) is 17.2 Å². The second-order valence-corrected chi connectivity index (χ2v) is 5.80. The van der Waals surface area contributed by atoms with Crippen molar-refractivity contribution < 1.29 is 14.2 Å². The van der Waals surface area contributed by atoms with E-state index in [0.29, 0.717) is 0 Å². The van der Waals surface area contributed by atoms with E-state index in [1.807, 2.05) is 6.07 Å². The molecule has 1 N–H and O–H groups in total. The fraction of sp³-hybridized carbons (Fsp3) is 0.600. The highest BCUT2D eigenvalue weighted by molar-refractivity contribution is 9.10. The van der Waals surface area contributed by atoms with Crippen LogP contribution in [0.25, 0.3) is 0 Å². The van der Waals surface area contributed by atoms with Gasteiger partial charge in [-0.3, -0.25) is 0 Å². The molecule has 0 aliphatic carbocycles. The number of methoxy groups -OCH3 is 3. The van der Waals surface area contributed by atoms with Crippen molar-refractivity contribution in [2.45, 2.75) is 6.42 Å². The Labute approximate surface area is 134 Å². The molecule has 1 aliphatic heterocycles. The molecule has 0 spiro atoms. The number of hydrogen-bond acceptors (Lipinski definition) is 5. The highest BCUT2D eigenvalue weighted by Crippen LogP contribution is 2.43. The summed E-state index contributed by atoms with van der Waals surface area (Å²) in [6.07, 6.45) is 0.863. The normalized spacial score (nSPS) is 15.8. The molecular weight excluding hydrogens is 336 g/mol. The summed E-state index contributed by atoms with van der Waals surface area (Å²) in [7, 11) is 5.00. The third-order valence-corrected chi connectivity index (χ3v) is 4.35. The fourth-order valence-corrected chi connectivity index (χ4v) is 3.28. The molecule has 0 unspecified atom stereocenters. The number of rotatable bonds is 6. The molecule has 5 nitrogen and oxygen atoms in total. The quantitative estimate of drug-likeness (QED) is 0.841. The van der Waals surface area contributed by atoms with Gasteiger partial charge in [-0.25, -0.2) is 0 Å². The summed E-state index contributed by atoms with van der Waals surface area (Å²) in [5.74, 6) is 2.30. The van der Waals surface area contributed by atoms with Gasteiger partial charge in [0.1, 0.15) is 5.75 Å². The van der Waals surface area contributed by atoms with Crippen LogP contribution in [0.15, 0.2) is 10.5 Å². The van der Waals surface area contributed by atoms with Crippen LogP contribution in [0.2, 0.25) is 0 Å². The van der Waals surface area contributed by atoms with Crippen LogP contribution in [0, 0.1) is 0 Å². The zero-order chi connectivity index (χ0) is 15.2. The summed E-state index contributed by atoms with van der Waals surface area (Å²) in [6, 6.07) is 1.88. The SMILES string of the molecule is COc1cc(Br)c(OC)c(CCN2CCNCC2)c1OC. The lowest BCUT2D eigenvalue weighted by molar-refractivity contribution is 0.241. The van der Waals surface area contributed by atoms with Gasteiger partial charge in [-0.15, -0.1) is 0 Å². The standard InChI is InChI=1S/C15H23BrN2O3/c1-19-13-10-12(16)14(20-2)11(15(13)21-3)4-7-18-8-5-17-6-9-18/h10,17H,4-9H2,1-3H3. The zero-order valence-electron chi connectivity index (χ0n) is 12.9. The second-order valence-electron chi connectivity index (χ2n) is 4.95. The number of hydrogen-bond donors (Lipinski definition) is 1. The molecule has 1 aliphatic rings. The molecule has 1 fully saturated rings. The summed E-state index contributed by atoms with van der Waals surface area (Å²) in [5.41, 5.74) is 1.05. The van der Waals surface area contributed by atoms with E-state index in [0.717, 1.165) is 66.4 Å². The van der Waals surface area contributed by atoms with Gasteiger partial charge in [0.05, 0.1) is 25.8 Å². The summed E-state index contributed by atoms with van der Waals surface area (Å²) in [5, 5.41) is 3.37. The Hall–Kier alpha value is -0.980. The Bertz CT molecular complexity index is 476. The Morgan fingerprint density at radius 2 is 1.76 bits per heavy atom. The van der Waals surface area contributed by atoms with Crippen molar-refractivity contribution in [3.05, 3.63) is 16.1 Å². The largest absolute Gasteiger partial charge is 0.495 e. The molecule has 0 saturated carbocycles. The van der Waals surface area contributed by atoms with Gasteiger partial charge in [0.2, 0.25) is 0 Å². The van der Waals surface area contributed by atoms with Gasteiger partial charge in [0, 0.05) is 44.4 Å². The van der Waals surface area contributed by atoms with Crippen LogP contribution < -0.4 is 19.5 Å². The average Bonchev–Trinajstić information content (AvgIpc) is 2.53. The minimum absolute atomic E-state index is 0.723. The number of nitrogens with one attached hydrogen (secondary N) is 1. The Balaban J connectivity index is 2.23. The number of benzene rings is 1. The maximum atomic E-state index is 5.55. The first-order valence-corrected chi connectivity index (χ1v) is 7.91. The lowest BCUT2D eigenvalue weighted by Gasteiger charge is -2.28. The van der Waals surface area contributed by atoms with E-state index in [1.54, 1.807) is 21.3 Å². The summed E-state index contributed by atoms with van der Waals surface area (Å²) >= 11 is 3.54. The highest BCUT2D eigenvalue weighted by atomic mass is 79.9. The van der Waals surface area contributed by atoms with Crippen molar-refractivity contribution in [2.75, 3.05) is 54.1 Å². The van der Waals surface area contributed by atoms with E-state index in [1.165, 1.54) is 0 Å². The lowest BCUT2D eigenvalue weighted by atomic mass is 10.1. The topological polar surface area (TPSA) is 43.0 Å². The van der Waals surface area contributed by atoms with Crippen molar-refractivity contribution in [1.29, 1.82) is 0 Å². The predicted octanol–water partition coefficient (Wildman–Crippen LogP) is 1.92. The molecule has 1 aromatic carbocycles.